The second-order valence-electron chi connectivity index (χ2n) is 7.26. The molecule has 28 heavy (non-hydrogen) atoms. The van der Waals surface area contributed by atoms with E-state index in [1.165, 1.54) is 0 Å². The Morgan fingerprint density at radius 2 is 1.86 bits per heavy atom. The highest BCUT2D eigenvalue weighted by molar-refractivity contribution is 6.25. The molecule has 0 saturated carbocycles. The van der Waals surface area contributed by atoms with Crippen molar-refractivity contribution >= 4 is 16.6 Å². The van der Waals surface area contributed by atoms with Crippen molar-refractivity contribution in [2.45, 2.75) is 6.42 Å². The molecule has 1 fully saturated rings. The molecule has 1 aliphatic carbocycles. The molecule has 0 N–H and O–H groups in total. The van der Waals surface area contributed by atoms with E-state index in [4.69, 9.17) is 9.47 Å². The Kier molecular flexibility index (Phi) is 4.55. The van der Waals surface area contributed by atoms with Gasteiger partial charge in [0.05, 0.1) is 25.5 Å². The van der Waals surface area contributed by atoms with E-state index >= 15 is 0 Å². The summed E-state index contributed by atoms with van der Waals surface area (Å²) in [5.74, 6) is 0.786. The molecule has 0 amide bonds. The normalized spacial score (nSPS) is 16.2. The van der Waals surface area contributed by atoms with E-state index in [0.717, 1.165) is 67.0 Å². The van der Waals surface area contributed by atoms with Crippen LogP contribution in [0.5, 0.6) is 5.75 Å². The van der Waals surface area contributed by atoms with Crippen LogP contribution in [-0.2, 0) is 4.74 Å². The minimum absolute atomic E-state index is 0.0415. The molecule has 2 aliphatic rings. The Morgan fingerprint density at radius 3 is 2.71 bits per heavy atom. The highest BCUT2D eigenvalue weighted by Gasteiger charge is 2.26. The van der Waals surface area contributed by atoms with E-state index in [2.05, 4.69) is 9.88 Å². The molecule has 142 valence electrons. The molecular weight excluding hydrogens is 352 g/mol. The number of nitrogens with zero attached hydrogens (tertiary/aromatic N) is 2. The minimum Gasteiger partial charge on any atom is -0.494 e. The number of benzene rings is 2. The third-order valence-corrected chi connectivity index (χ3v) is 5.50. The van der Waals surface area contributed by atoms with Crippen LogP contribution in [0.25, 0.3) is 22.0 Å². The lowest BCUT2D eigenvalue weighted by molar-refractivity contribution is 0.0358. The minimum atomic E-state index is 0.0415. The molecule has 0 radical (unpaired) electrons. The molecule has 5 nitrogen and oxygen atoms in total. The lowest BCUT2D eigenvalue weighted by Crippen LogP contribution is -2.37. The highest BCUT2D eigenvalue weighted by atomic mass is 16.5. The first kappa shape index (κ1) is 17.3. The number of ether oxygens (including phenoxy) is 2. The average molecular weight is 374 g/mol. The number of rotatable bonds is 5. The fourth-order valence-corrected chi connectivity index (χ4v) is 4.09. The fourth-order valence-electron chi connectivity index (χ4n) is 4.09. The van der Waals surface area contributed by atoms with E-state index in [1.807, 2.05) is 42.5 Å². The Balaban J connectivity index is 1.39. The van der Waals surface area contributed by atoms with E-state index in [0.29, 0.717) is 17.7 Å². The summed E-state index contributed by atoms with van der Waals surface area (Å²) in [6, 6.07) is 13.5. The molecule has 1 saturated heterocycles. The van der Waals surface area contributed by atoms with Crippen molar-refractivity contribution in [2.75, 3.05) is 39.5 Å². The van der Waals surface area contributed by atoms with E-state index in [1.54, 1.807) is 6.20 Å². The number of carbonyl (C=O) groups is 1. The monoisotopic (exact) mass is 374 g/mol. The molecular formula is C23H22N2O3. The Morgan fingerprint density at radius 1 is 1.04 bits per heavy atom. The number of hydrogen-bond donors (Lipinski definition) is 0. The molecule has 0 atom stereocenters. The van der Waals surface area contributed by atoms with Gasteiger partial charge in [-0.3, -0.25) is 14.7 Å². The number of carbonyl (C=O) groups excluding carboxylic acids is 1. The molecule has 1 aliphatic heterocycles. The first-order valence-electron chi connectivity index (χ1n) is 9.81. The molecule has 2 heterocycles. The molecule has 3 aromatic rings. The van der Waals surface area contributed by atoms with Gasteiger partial charge < -0.3 is 9.47 Å². The van der Waals surface area contributed by atoms with Crippen LogP contribution in [-0.4, -0.2) is 55.1 Å². The average Bonchev–Trinajstić information content (AvgIpc) is 2.75. The van der Waals surface area contributed by atoms with Gasteiger partial charge in [0, 0.05) is 47.9 Å². The lowest BCUT2D eigenvalue weighted by Gasteiger charge is -2.26. The molecule has 1 aromatic heterocycles. The van der Waals surface area contributed by atoms with Crippen molar-refractivity contribution in [3.63, 3.8) is 0 Å². The van der Waals surface area contributed by atoms with Crippen molar-refractivity contribution in [3.05, 3.63) is 59.8 Å². The zero-order chi connectivity index (χ0) is 18.9. The van der Waals surface area contributed by atoms with Gasteiger partial charge in [-0.25, -0.2) is 0 Å². The van der Waals surface area contributed by atoms with Crippen LogP contribution < -0.4 is 4.74 Å². The summed E-state index contributed by atoms with van der Waals surface area (Å²) < 4.78 is 11.4. The molecule has 5 rings (SSSR count). The van der Waals surface area contributed by atoms with E-state index in [9.17, 15) is 4.79 Å². The number of ketones is 1. The van der Waals surface area contributed by atoms with Gasteiger partial charge in [0.1, 0.15) is 5.75 Å². The van der Waals surface area contributed by atoms with Gasteiger partial charge in [-0.05, 0) is 30.0 Å². The van der Waals surface area contributed by atoms with Gasteiger partial charge in [0.2, 0.25) is 0 Å². The smallest absolute Gasteiger partial charge is 0.194 e. The summed E-state index contributed by atoms with van der Waals surface area (Å²) in [5.41, 5.74) is 3.17. The first-order valence-corrected chi connectivity index (χ1v) is 9.81. The summed E-state index contributed by atoms with van der Waals surface area (Å²) in [6.45, 7) is 5.24. The fraction of sp³-hybridized carbons (Fsp3) is 0.304. The topological polar surface area (TPSA) is 51.7 Å². The zero-order valence-corrected chi connectivity index (χ0v) is 15.7. The second kappa shape index (κ2) is 7.34. The third-order valence-electron chi connectivity index (χ3n) is 5.50. The van der Waals surface area contributed by atoms with Crippen LogP contribution in [0, 0.1) is 0 Å². The van der Waals surface area contributed by atoms with Gasteiger partial charge in [-0.15, -0.1) is 0 Å². The molecule has 0 unspecified atom stereocenters. The number of hydrogen-bond acceptors (Lipinski definition) is 5. The Bertz CT molecular complexity index is 1040. The Hall–Kier alpha value is -2.76. The van der Waals surface area contributed by atoms with E-state index < -0.39 is 0 Å². The largest absolute Gasteiger partial charge is 0.494 e. The van der Waals surface area contributed by atoms with Crippen molar-refractivity contribution < 1.29 is 14.3 Å². The molecule has 0 spiro atoms. The molecule has 2 aromatic carbocycles. The van der Waals surface area contributed by atoms with Gasteiger partial charge in [0.25, 0.3) is 0 Å². The summed E-state index contributed by atoms with van der Waals surface area (Å²) in [4.78, 5) is 20.0. The number of pyridine rings is 1. The van der Waals surface area contributed by atoms with Crippen molar-refractivity contribution in [1.29, 1.82) is 0 Å². The highest BCUT2D eigenvalue weighted by Crippen LogP contribution is 2.39. The first-order chi connectivity index (χ1) is 13.8. The maximum Gasteiger partial charge on any atom is 0.194 e. The number of aromatic nitrogens is 1. The van der Waals surface area contributed by atoms with Crippen LogP contribution in [0.3, 0.4) is 0 Å². The zero-order valence-electron chi connectivity index (χ0n) is 15.7. The lowest BCUT2D eigenvalue weighted by atomic mass is 9.85. The van der Waals surface area contributed by atoms with Gasteiger partial charge in [-0.1, -0.05) is 24.3 Å². The maximum atomic E-state index is 13.1. The van der Waals surface area contributed by atoms with Crippen molar-refractivity contribution in [2.24, 2.45) is 0 Å². The van der Waals surface area contributed by atoms with Gasteiger partial charge in [-0.2, -0.15) is 0 Å². The van der Waals surface area contributed by atoms with E-state index in [-0.39, 0.29) is 5.78 Å². The quantitative estimate of drug-likeness (QED) is 0.500. The maximum absolute atomic E-state index is 13.1. The van der Waals surface area contributed by atoms with Crippen LogP contribution in [0.4, 0.5) is 0 Å². The summed E-state index contributed by atoms with van der Waals surface area (Å²) in [7, 11) is 0. The van der Waals surface area contributed by atoms with Gasteiger partial charge >= 0.3 is 0 Å². The van der Waals surface area contributed by atoms with Crippen LogP contribution >= 0.6 is 0 Å². The number of morpholine rings is 1. The third kappa shape index (κ3) is 3.07. The van der Waals surface area contributed by atoms with Crippen LogP contribution in [0.1, 0.15) is 22.3 Å². The summed E-state index contributed by atoms with van der Waals surface area (Å²) >= 11 is 0. The van der Waals surface area contributed by atoms with Crippen molar-refractivity contribution in [1.82, 2.24) is 9.88 Å². The summed E-state index contributed by atoms with van der Waals surface area (Å²) in [5, 5.41) is 1.92. The summed E-state index contributed by atoms with van der Waals surface area (Å²) in [6.07, 6.45) is 2.75. The van der Waals surface area contributed by atoms with Crippen molar-refractivity contribution in [3.8, 4) is 17.0 Å². The Labute approximate surface area is 163 Å². The predicted molar refractivity (Wildman–Crippen MR) is 108 cm³/mol. The van der Waals surface area contributed by atoms with Crippen LogP contribution in [0.2, 0.25) is 0 Å². The standard InChI is InChI=1S/C23H22N2O3/c26-23-19-5-2-1-4-18(19)22-21-16(6-7-24-22)14-17(15-20(21)23)28-11-3-8-25-9-12-27-13-10-25/h1-2,4-7,14-15H,3,8-13H2. The second-order valence-corrected chi connectivity index (χ2v) is 7.26. The molecule has 0 bridgehead atoms. The molecule has 5 heteroatoms. The van der Waals surface area contributed by atoms with Gasteiger partial charge in [0.15, 0.2) is 5.78 Å². The number of fused-ring (bicyclic) bond motifs is 2. The van der Waals surface area contributed by atoms with Crippen LogP contribution in [0.15, 0.2) is 48.7 Å². The predicted octanol–water partition coefficient (Wildman–Crippen LogP) is 3.55. The SMILES string of the molecule is O=C1c2ccccc2-c2nccc3cc(OCCCN4CCOCC4)cc1c23.